The zero-order valence-electron chi connectivity index (χ0n) is 78.2. The van der Waals surface area contributed by atoms with Crippen molar-refractivity contribution in [3.8, 4) is 113 Å². The molecule has 0 aliphatic carbocycles. The van der Waals surface area contributed by atoms with Crippen LogP contribution in [-0.4, -0.2) is 56.2 Å². The average Bonchev–Trinajstić information content (AvgIpc) is 1.53. The van der Waals surface area contributed by atoms with Crippen LogP contribution < -0.4 is 20.7 Å². The summed E-state index contributed by atoms with van der Waals surface area (Å²) >= 11 is 1.87. The lowest BCUT2D eigenvalue weighted by molar-refractivity contribution is 0.992. The Bertz CT molecular complexity index is 9480. The van der Waals surface area contributed by atoms with Gasteiger partial charge in [-0.1, -0.05) is 431 Å². The Balaban J connectivity index is 0.000000110. The number of rotatable bonds is 16. The number of hydrogen-bond acceptors (Lipinski definition) is 7. The largest absolute Gasteiger partial charge is 0.309 e. The molecule has 0 amide bonds. The van der Waals surface area contributed by atoms with Crippen LogP contribution in [0.1, 0.15) is 0 Å². The van der Waals surface area contributed by atoms with Crippen molar-refractivity contribution in [2.75, 3.05) is 0 Å². The number of hydrogen-bond donors (Lipinski definition) is 0. The molecule has 676 valence electrons. The van der Waals surface area contributed by atoms with Crippen molar-refractivity contribution in [1.29, 1.82) is 0 Å². The minimum absolute atomic E-state index is 0.648. The fourth-order valence-corrected chi connectivity index (χ4v) is 27.4. The predicted octanol–water partition coefficient (Wildman–Crippen LogP) is 30.9. The van der Waals surface area contributed by atoms with E-state index in [0.717, 1.165) is 112 Å². The fraction of sp³-hybridized carbons (Fsp3) is 0. The molecule has 0 saturated heterocycles. The molecule has 0 spiro atoms. The molecule has 0 unspecified atom stereocenters. The SMILES string of the molecule is c1ccc(-c2cc(-c3ccccc3)nc(-n3c4ccccc4c4cc(-c5cccc6c5sc5ccccc56)ccc43)n2)cc1.c1ccc(-c2cc(-c3ccccc3)nc(-n3c4ccccc4c4ccc(-c5ccc6c(c5)c5ccccc5n6-c5ccccc5)cc43)n2)cc1.c1ccc(-c2ccc3c4ccccc4n(-c4nccc(-c5cccc([Si](c6ccccc6)(c6ccccc6)c6ccccc6)c5)n4)c3c2)cc1. The lowest BCUT2D eigenvalue weighted by Gasteiger charge is -2.34. The van der Waals surface area contributed by atoms with Crippen LogP contribution in [0.2, 0.25) is 0 Å². The van der Waals surface area contributed by atoms with Crippen LogP contribution >= 0.6 is 11.3 Å². The highest BCUT2D eigenvalue weighted by molar-refractivity contribution is 7.26. The van der Waals surface area contributed by atoms with Gasteiger partial charge in [0.2, 0.25) is 17.8 Å². The molecule has 0 radical (unpaired) electrons. The second kappa shape index (κ2) is 36.9. The van der Waals surface area contributed by atoms with Crippen LogP contribution in [0.15, 0.2) is 534 Å². The second-order valence-electron chi connectivity index (χ2n) is 36.3. The van der Waals surface area contributed by atoms with Gasteiger partial charge in [-0.2, -0.15) is 0 Å². The summed E-state index contributed by atoms with van der Waals surface area (Å²) in [6.07, 6.45) is 1.89. The number of thiophene rings is 1. The van der Waals surface area contributed by atoms with Gasteiger partial charge in [0.1, 0.15) is 0 Å². The molecule has 0 saturated carbocycles. The smallest absolute Gasteiger partial charge is 0.235 e. The first-order valence-electron chi connectivity index (χ1n) is 48.7. The Morgan fingerprint density at radius 1 is 0.174 bits per heavy atom. The Morgan fingerprint density at radius 2 is 0.493 bits per heavy atom. The molecule has 0 bridgehead atoms. The maximum Gasteiger partial charge on any atom is 0.235 e. The van der Waals surface area contributed by atoms with Gasteiger partial charge >= 0.3 is 0 Å². The van der Waals surface area contributed by atoms with Crippen LogP contribution in [0, 0.1) is 0 Å². The third kappa shape index (κ3) is 15.4. The van der Waals surface area contributed by atoms with Gasteiger partial charge in [0.25, 0.3) is 0 Å². The summed E-state index contributed by atoms with van der Waals surface area (Å²) in [5, 5.41) is 17.5. The van der Waals surface area contributed by atoms with E-state index in [9.17, 15) is 0 Å². The van der Waals surface area contributed by atoms with Crippen LogP contribution in [-0.2, 0) is 0 Å². The normalized spacial score (nSPS) is 11.6. The third-order valence-corrected chi connectivity index (χ3v) is 34.0. The van der Waals surface area contributed by atoms with Crippen molar-refractivity contribution in [3.63, 3.8) is 0 Å². The molecule has 8 aromatic heterocycles. The molecule has 12 heteroatoms. The highest BCUT2D eigenvalue weighted by Crippen LogP contribution is 2.45. The Labute approximate surface area is 836 Å². The summed E-state index contributed by atoms with van der Waals surface area (Å²) in [4.78, 5) is 31.0. The van der Waals surface area contributed by atoms with Crippen molar-refractivity contribution in [1.82, 2.24) is 48.2 Å². The first-order chi connectivity index (χ1) is 71.4. The predicted molar refractivity (Wildman–Crippen MR) is 603 cm³/mol. The van der Waals surface area contributed by atoms with Gasteiger partial charge in [-0.05, 0) is 151 Å². The van der Waals surface area contributed by atoms with Crippen LogP contribution in [0.5, 0.6) is 0 Å². The molecule has 0 aliphatic rings. The first kappa shape index (κ1) is 85.7. The van der Waals surface area contributed by atoms with E-state index in [1.54, 1.807) is 0 Å². The Kier molecular flexibility index (Phi) is 21.9. The second-order valence-corrected chi connectivity index (χ2v) is 41.2. The van der Waals surface area contributed by atoms with Gasteiger partial charge in [-0.15, -0.1) is 11.3 Å². The summed E-state index contributed by atoms with van der Waals surface area (Å²) < 4.78 is 11.7. The quantitative estimate of drug-likeness (QED) is 0.0706. The summed E-state index contributed by atoms with van der Waals surface area (Å²) in [5.41, 5.74) is 26.9. The monoisotopic (exact) mass is 1870 g/mol. The molecule has 0 aliphatic heterocycles. The van der Waals surface area contributed by atoms with Gasteiger partial charge in [0, 0.05) is 103 Å². The summed E-state index contributed by atoms with van der Waals surface area (Å²) in [6, 6.07) is 188. The van der Waals surface area contributed by atoms with Crippen molar-refractivity contribution in [2.45, 2.75) is 0 Å². The minimum atomic E-state index is -2.69. The summed E-state index contributed by atoms with van der Waals surface area (Å²) in [7, 11) is -2.69. The van der Waals surface area contributed by atoms with Crippen molar-refractivity contribution < 1.29 is 0 Å². The van der Waals surface area contributed by atoms with Crippen molar-refractivity contribution >= 4 is 148 Å². The van der Waals surface area contributed by atoms with Crippen molar-refractivity contribution in [2.24, 2.45) is 0 Å². The molecule has 28 rings (SSSR count). The molecule has 28 aromatic rings. The van der Waals surface area contributed by atoms with E-state index < -0.39 is 8.07 Å². The van der Waals surface area contributed by atoms with Crippen LogP contribution in [0.25, 0.3) is 221 Å². The van der Waals surface area contributed by atoms with Crippen molar-refractivity contribution in [3.05, 3.63) is 534 Å². The number of fused-ring (bicyclic) bond motifs is 15. The number of aromatic nitrogens is 10. The minimum Gasteiger partial charge on any atom is -0.309 e. The van der Waals surface area contributed by atoms with Gasteiger partial charge in [0.05, 0.1) is 72.6 Å². The molecule has 144 heavy (non-hydrogen) atoms. The molecular weight excluding hydrogens is 1790 g/mol. The topological polar surface area (TPSA) is 97.1 Å². The lowest BCUT2D eigenvalue weighted by Crippen LogP contribution is -2.74. The van der Waals surface area contributed by atoms with E-state index in [0.29, 0.717) is 17.8 Å². The zero-order valence-corrected chi connectivity index (χ0v) is 80.0. The van der Waals surface area contributed by atoms with Crippen LogP contribution in [0.4, 0.5) is 0 Å². The molecule has 10 nitrogen and oxygen atoms in total. The maximum atomic E-state index is 5.30. The average molecular weight is 1870 g/mol. The number of nitrogens with zero attached hydrogens (tertiary/aromatic N) is 10. The summed E-state index contributed by atoms with van der Waals surface area (Å²) in [5.74, 6) is 1.97. The Morgan fingerprint density at radius 3 is 0.979 bits per heavy atom. The highest BCUT2D eigenvalue weighted by Gasteiger charge is 2.42. The van der Waals surface area contributed by atoms with Gasteiger partial charge in [-0.25, -0.2) is 29.9 Å². The zero-order chi connectivity index (χ0) is 95.4. The highest BCUT2D eigenvalue weighted by atomic mass is 32.1. The fourth-order valence-electron chi connectivity index (χ4n) is 21.4. The molecule has 0 atom stereocenters. The van der Waals surface area contributed by atoms with E-state index in [1.165, 1.54) is 112 Å². The molecular formula is C132H88N10SSi. The van der Waals surface area contributed by atoms with Gasteiger partial charge < -0.3 is 4.57 Å². The molecule has 0 fully saturated rings. The molecule has 8 heterocycles. The third-order valence-electron chi connectivity index (χ3n) is 28.0. The van der Waals surface area contributed by atoms with Crippen LogP contribution in [0.3, 0.4) is 0 Å². The number of benzene rings is 20. The molecule has 0 N–H and O–H groups in total. The standard InChI is InChI=1S/C46H30N4.C46H33N3Si.C40H25N3S/c1-4-14-31(15-5-1)40-30-41(32-16-6-2-7-17-32)48-46(47-40)50-43-23-13-10-20-36(43)38-26-24-34(29-45(38)50)33-25-27-44-39(28-33)37-21-11-12-22-42(37)49(44)35-18-8-3-9-19-35;1-5-16-34(17-6-1)35-28-29-42-41-26-13-14-27-44(41)49(45(42)33-35)46-47-31-30-43(48-46)36-18-15-25-40(32-36)50(37-19-7-2-8-20-37,38-21-9-3-10-22-38)39-23-11-4-12-24-39;1-3-12-26(13-4-1)34-25-35(27-14-5-2-6-15-27)42-40(41-34)43-36-20-9-7-16-30(36)33-24-28(22-23-37(33)43)29-18-11-19-32-31-17-8-10-21-38(31)44-39(29)32/h1-30H;1-33H;1-25H. The van der Waals surface area contributed by atoms with Gasteiger partial charge in [0.15, 0.2) is 8.07 Å². The van der Waals surface area contributed by atoms with E-state index in [4.69, 9.17) is 29.9 Å². The number of para-hydroxylation sites is 5. The summed E-state index contributed by atoms with van der Waals surface area (Å²) in [6.45, 7) is 0. The van der Waals surface area contributed by atoms with E-state index >= 15 is 0 Å². The van der Waals surface area contributed by atoms with E-state index in [-0.39, 0.29) is 0 Å². The van der Waals surface area contributed by atoms with Gasteiger partial charge in [-0.3, -0.25) is 13.7 Å². The van der Waals surface area contributed by atoms with E-state index in [2.05, 4.69) is 516 Å². The van der Waals surface area contributed by atoms with E-state index in [1.807, 2.05) is 47.9 Å². The molecule has 20 aromatic carbocycles. The first-order valence-corrected chi connectivity index (χ1v) is 51.5. The Hall–Kier alpha value is -18.7. The lowest BCUT2D eigenvalue weighted by atomic mass is 10.0. The maximum absolute atomic E-state index is 5.30.